The fraction of sp³-hybridized carbons (Fsp3) is 0.600. The minimum atomic E-state index is -0.541. The van der Waals surface area contributed by atoms with Crippen LogP contribution in [-0.4, -0.2) is 48.8 Å². The highest BCUT2D eigenvalue weighted by atomic mass is 79.9. The van der Waals surface area contributed by atoms with E-state index in [0.717, 1.165) is 28.9 Å². The maximum absolute atomic E-state index is 11.8. The summed E-state index contributed by atoms with van der Waals surface area (Å²) in [5.74, 6) is -0.372. The van der Waals surface area contributed by atoms with E-state index in [4.69, 9.17) is 16.3 Å². The lowest BCUT2D eigenvalue weighted by atomic mass is 10.0. The van der Waals surface area contributed by atoms with Crippen LogP contribution in [0.15, 0.2) is 16.6 Å². The predicted molar refractivity (Wildman–Crippen MR) is 114 cm³/mol. The average molecular weight is 476 g/mol. The summed E-state index contributed by atoms with van der Waals surface area (Å²) in [5, 5.41) is 4.16. The van der Waals surface area contributed by atoms with E-state index in [1.807, 2.05) is 12.1 Å². The van der Waals surface area contributed by atoms with Crippen molar-refractivity contribution >= 4 is 45.3 Å². The van der Waals surface area contributed by atoms with Crippen LogP contribution < -0.4 is 5.32 Å². The molecule has 1 saturated heterocycles. The minimum Gasteiger partial charge on any atom is -0.467 e. The number of rotatable bonds is 1. The summed E-state index contributed by atoms with van der Waals surface area (Å²) in [5.41, 5.74) is 1.99. The van der Waals surface area contributed by atoms with Crippen LogP contribution in [0.25, 0.3) is 0 Å². The van der Waals surface area contributed by atoms with Gasteiger partial charge in [-0.2, -0.15) is 0 Å². The van der Waals surface area contributed by atoms with E-state index in [2.05, 4.69) is 26.0 Å². The Balaban J connectivity index is 0.000000207. The average Bonchev–Trinajstić information content (AvgIpc) is 3.10. The van der Waals surface area contributed by atoms with E-state index < -0.39 is 17.7 Å². The fourth-order valence-corrected chi connectivity index (χ4v) is 4.22. The Labute approximate surface area is 180 Å². The summed E-state index contributed by atoms with van der Waals surface area (Å²) in [4.78, 5) is 24.7. The van der Waals surface area contributed by atoms with Crippen LogP contribution in [0.4, 0.5) is 10.5 Å². The number of anilines is 1. The first kappa shape index (κ1) is 22.8. The molecule has 0 aromatic heterocycles. The van der Waals surface area contributed by atoms with Crippen LogP contribution in [-0.2, 0) is 20.7 Å². The zero-order chi connectivity index (χ0) is 20.9. The molecule has 0 spiro atoms. The highest BCUT2D eigenvalue weighted by Crippen LogP contribution is 2.33. The van der Waals surface area contributed by atoms with Crippen LogP contribution in [0.5, 0.6) is 0 Å². The van der Waals surface area contributed by atoms with Crippen molar-refractivity contribution in [3.8, 4) is 0 Å². The maximum atomic E-state index is 11.8. The topological polar surface area (TPSA) is 67.9 Å². The number of likely N-dealkylation sites (tertiary alicyclic amines) is 1. The van der Waals surface area contributed by atoms with Crippen LogP contribution in [0.3, 0.4) is 0 Å². The lowest BCUT2D eigenvalue weighted by molar-refractivity contribution is -0.145. The predicted octanol–water partition coefficient (Wildman–Crippen LogP) is 5.02. The van der Waals surface area contributed by atoms with Crippen molar-refractivity contribution in [3.05, 3.63) is 27.2 Å². The van der Waals surface area contributed by atoms with Crippen LogP contribution in [0, 0.1) is 0 Å². The molecule has 1 N–H and O–H groups in total. The monoisotopic (exact) mass is 474 g/mol. The standard InChI is InChI=1S/C11H19NO4.C9H9BrClN/c1-11(2,3)16-10(14)12-7-5-6-8(12)9(13)15-4;10-8-5-7(11)4-6-2-1-3-12-9(6)8/h8H,5-7H2,1-4H3;4-5,12H,1-3H2. The molecule has 0 aliphatic carbocycles. The lowest BCUT2D eigenvalue weighted by Gasteiger charge is -2.27. The highest BCUT2D eigenvalue weighted by Gasteiger charge is 2.37. The van der Waals surface area contributed by atoms with E-state index >= 15 is 0 Å². The number of esters is 1. The van der Waals surface area contributed by atoms with Crippen LogP contribution in [0.1, 0.15) is 45.6 Å². The van der Waals surface area contributed by atoms with E-state index in [9.17, 15) is 9.59 Å². The van der Waals surface area contributed by atoms with Gasteiger partial charge in [0.15, 0.2) is 0 Å². The number of benzene rings is 1. The number of carbonyl (C=O) groups excluding carboxylic acids is 2. The molecule has 1 unspecified atom stereocenters. The van der Waals surface area contributed by atoms with Gasteiger partial charge in [-0.05, 0) is 80.1 Å². The van der Waals surface area contributed by atoms with Gasteiger partial charge >= 0.3 is 12.1 Å². The summed E-state index contributed by atoms with van der Waals surface area (Å²) in [6.07, 6.45) is 3.33. The molecule has 1 aromatic carbocycles. The molecule has 0 bridgehead atoms. The van der Waals surface area contributed by atoms with Crippen molar-refractivity contribution in [2.75, 3.05) is 25.5 Å². The Kier molecular flexibility index (Phi) is 8.01. The molecule has 3 rings (SSSR count). The number of ether oxygens (including phenoxy) is 2. The van der Waals surface area contributed by atoms with Crippen molar-refractivity contribution in [3.63, 3.8) is 0 Å². The Bertz CT molecular complexity index is 721. The first-order chi connectivity index (χ1) is 13.1. The molecule has 1 atom stereocenters. The highest BCUT2D eigenvalue weighted by molar-refractivity contribution is 9.10. The van der Waals surface area contributed by atoms with E-state index in [0.29, 0.717) is 13.0 Å². The number of hydrogen-bond donors (Lipinski definition) is 1. The minimum absolute atomic E-state index is 0.372. The molecule has 2 aliphatic rings. The molecule has 1 amide bonds. The van der Waals surface area contributed by atoms with Gasteiger partial charge in [-0.3, -0.25) is 4.90 Å². The first-order valence-corrected chi connectivity index (χ1v) is 10.6. The molecule has 0 radical (unpaired) electrons. The lowest BCUT2D eigenvalue weighted by Crippen LogP contribution is -2.43. The normalized spacial score (nSPS) is 18.4. The Hall–Kier alpha value is -1.47. The van der Waals surface area contributed by atoms with Gasteiger partial charge in [0, 0.05) is 22.6 Å². The summed E-state index contributed by atoms with van der Waals surface area (Å²) >= 11 is 9.41. The van der Waals surface area contributed by atoms with Gasteiger partial charge in [0.05, 0.1) is 12.8 Å². The number of carbonyl (C=O) groups is 2. The quantitative estimate of drug-likeness (QED) is 0.578. The summed E-state index contributed by atoms with van der Waals surface area (Å²) in [7, 11) is 1.33. The van der Waals surface area contributed by atoms with Gasteiger partial charge in [0.25, 0.3) is 0 Å². The molecule has 1 fully saturated rings. The number of nitrogens with one attached hydrogen (secondary N) is 1. The molecular weight excluding hydrogens is 448 g/mol. The van der Waals surface area contributed by atoms with E-state index in [1.54, 1.807) is 20.8 Å². The van der Waals surface area contributed by atoms with E-state index in [1.165, 1.54) is 29.7 Å². The zero-order valence-corrected chi connectivity index (χ0v) is 19.2. The third-order valence-electron chi connectivity index (χ3n) is 4.42. The van der Waals surface area contributed by atoms with Crippen molar-refractivity contribution in [1.29, 1.82) is 0 Å². The Morgan fingerprint density at radius 2 is 2.00 bits per heavy atom. The Morgan fingerprint density at radius 1 is 1.29 bits per heavy atom. The second-order valence-corrected chi connectivity index (χ2v) is 9.10. The Morgan fingerprint density at radius 3 is 2.64 bits per heavy atom. The van der Waals surface area contributed by atoms with Gasteiger partial charge in [-0.1, -0.05) is 11.6 Å². The van der Waals surface area contributed by atoms with Gasteiger partial charge in [0.1, 0.15) is 11.6 Å². The molecule has 1 aromatic rings. The second-order valence-electron chi connectivity index (χ2n) is 7.81. The number of aryl methyl sites for hydroxylation is 1. The maximum Gasteiger partial charge on any atom is 0.411 e. The third-order valence-corrected chi connectivity index (χ3v) is 5.26. The van der Waals surface area contributed by atoms with Gasteiger partial charge < -0.3 is 14.8 Å². The van der Waals surface area contributed by atoms with Crippen molar-refractivity contribution in [2.24, 2.45) is 0 Å². The first-order valence-electron chi connectivity index (χ1n) is 9.41. The number of hydrogen-bond acceptors (Lipinski definition) is 5. The summed E-state index contributed by atoms with van der Waals surface area (Å²) < 4.78 is 11.0. The van der Waals surface area contributed by atoms with Gasteiger partial charge in [-0.25, -0.2) is 9.59 Å². The second kappa shape index (κ2) is 9.83. The zero-order valence-electron chi connectivity index (χ0n) is 16.8. The van der Waals surface area contributed by atoms with Crippen molar-refractivity contribution in [1.82, 2.24) is 4.90 Å². The smallest absolute Gasteiger partial charge is 0.411 e. The van der Waals surface area contributed by atoms with Gasteiger partial charge in [-0.15, -0.1) is 0 Å². The molecule has 8 heteroatoms. The molecule has 28 heavy (non-hydrogen) atoms. The number of amides is 1. The number of nitrogens with zero attached hydrogens (tertiary/aromatic N) is 1. The summed E-state index contributed by atoms with van der Waals surface area (Å²) in [6.45, 7) is 7.01. The molecule has 0 saturated carbocycles. The van der Waals surface area contributed by atoms with Crippen molar-refractivity contribution < 1.29 is 19.1 Å². The molecule has 156 valence electrons. The number of fused-ring (bicyclic) bond motifs is 1. The van der Waals surface area contributed by atoms with Crippen LogP contribution in [0.2, 0.25) is 5.02 Å². The fourth-order valence-electron chi connectivity index (χ4n) is 3.20. The molecule has 2 aliphatic heterocycles. The number of methoxy groups -OCH3 is 1. The van der Waals surface area contributed by atoms with Crippen LogP contribution >= 0.6 is 27.5 Å². The van der Waals surface area contributed by atoms with E-state index in [-0.39, 0.29) is 5.97 Å². The largest absolute Gasteiger partial charge is 0.467 e. The summed E-state index contributed by atoms with van der Waals surface area (Å²) in [6, 6.07) is 3.48. The number of halogens is 2. The van der Waals surface area contributed by atoms with Gasteiger partial charge in [0.2, 0.25) is 0 Å². The van der Waals surface area contributed by atoms with Crippen molar-refractivity contribution in [2.45, 2.75) is 58.1 Å². The molecule has 6 nitrogen and oxygen atoms in total. The SMILES string of the molecule is COC(=O)C1CCCN1C(=O)OC(C)(C)C.Clc1cc(Br)c2c(c1)CCCN2. The molecular formula is C20H28BrClN2O4. The molecule has 2 heterocycles. The third kappa shape index (κ3) is 6.27.